The van der Waals surface area contributed by atoms with Gasteiger partial charge in [-0.05, 0) is 12.8 Å². The number of urea groups is 1. The lowest BCUT2D eigenvalue weighted by atomic mass is 9.89. The molecule has 100 valence electrons. The van der Waals surface area contributed by atoms with Gasteiger partial charge >= 0.3 is 12.0 Å². The first-order valence-electron chi connectivity index (χ1n) is 5.50. The third-order valence-corrected chi connectivity index (χ3v) is 2.82. The minimum absolute atomic E-state index is 0.0961. The van der Waals surface area contributed by atoms with Crippen LogP contribution in [0.2, 0.25) is 0 Å². The van der Waals surface area contributed by atoms with Crippen LogP contribution in [0, 0.1) is 11.8 Å². The molecule has 1 aliphatic heterocycles. The Morgan fingerprint density at radius 3 is 2.39 bits per heavy atom. The molecule has 3 amide bonds. The lowest BCUT2D eigenvalue weighted by Crippen LogP contribution is -2.46. The van der Waals surface area contributed by atoms with Crippen molar-refractivity contribution in [3.05, 3.63) is 11.3 Å². The van der Waals surface area contributed by atoms with Crippen molar-refractivity contribution in [1.29, 1.82) is 0 Å². The number of rotatable bonds is 3. The molecule has 0 saturated carbocycles. The molecule has 0 fully saturated rings. The molecule has 7 nitrogen and oxygen atoms in total. The van der Waals surface area contributed by atoms with Crippen molar-refractivity contribution in [2.24, 2.45) is 17.6 Å². The van der Waals surface area contributed by atoms with Crippen LogP contribution in [0.3, 0.4) is 0 Å². The number of methoxy groups -OCH3 is 1. The van der Waals surface area contributed by atoms with Crippen LogP contribution in [0.1, 0.15) is 20.8 Å². The first kappa shape index (κ1) is 14.0. The van der Waals surface area contributed by atoms with Gasteiger partial charge in [-0.2, -0.15) is 0 Å². The summed E-state index contributed by atoms with van der Waals surface area (Å²) >= 11 is 0. The lowest BCUT2D eigenvalue weighted by Gasteiger charge is -2.19. The van der Waals surface area contributed by atoms with E-state index in [0.29, 0.717) is 5.70 Å². The summed E-state index contributed by atoms with van der Waals surface area (Å²) in [6, 6.07) is -0.865. The van der Waals surface area contributed by atoms with Crippen LogP contribution in [0.25, 0.3) is 0 Å². The zero-order valence-corrected chi connectivity index (χ0v) is 10.8. The van der Waals surface area contributed by atoms with Gasteiger partial charge in [-0.3, -0.25) is 4.79 Å². The van der Waals surface area contributed by atoms with Crippen molar-refractivity contribution in [2.45, 2.75) is 20.8 Å². The van der Waals surface area contributed by atoms with Crippen LogP contribution in [-0.2, 0) is 14.3 Å². The van der Waals surface area contributed by atoms with Gasteiger partial charge in [-0.1, -0.05) is 13.8 Å². The van der Waals surface area contributed by atoms with Crippen LogP contribution >= 0.6 is 0 Å². The van der Waals surface area contributed by atoms with Crippen LogP contribution in [0.5, 0.6) is 0 Å². The summed E-state index contributed by atoms with van der Waals surface area (Å²) in [5.41, 5.74) is 7.77. The molecule has 0 spiro atoms. The van der Waals surface area contributed by atoms with Crippen molar-refractivity contribution < 1.29 is 19.1 Å². The Kier molecular flexibility index (Phi) is 3.95. The average molecular weight is 255 g/mol. The summed E-state index contributed by atoms with van der Waals surface area (Å²) in [5.74, 6) is -1.69. The molecular weight excluding hydrogens is 238 g/mol. The molecule has 7 heteroatoms. The number of hydrogen-bond donors (Lipinski definition) is 2. The topological polar surface area (TPSA) is 102 Å². The SMILES string of the molecule is COC(=O)C1=C(C)N(NC(N)=O)C(=O)C1C(C)C. The van der Waals surface area contributed by atoms with Gasteiger partial charge in [0.05, 0.1) is 24.3 Å². The standard InChI is InChI=1S/C11H17N3O4/c1-5(2)7-8(10(16)18-4)6(3)14(9(7)15)13-11(12)17/h5,7H,1-4H3,(H3,12,13,17). The molecule has 1 atom stereocenters. The highest BCUT2D eigenvalue weighted by atomic mass is 16.5. The number of nitrogens with one attached hydrogen (secondary N) is 1. The first-order valence-corrected chi connectivity index (χ1v) is 5.50. The van der Waals surface area contributed by atoms with Crippen molar-refractivity contribution in [3.63, 3.8) is 0 Å². The Bertz CT molecular complexity index is 428. The third kappa shape index (κ3) is 2.29. The van der Waals surface area contributed by atoms with Crippen molar-refractivity contribution >= 4 is 17.9 Å². The molecule has 0 aliphatic carbocycles. The molecule has 1 heterocycles. The summed E-state index contributed by atoms with van der Waals surface area (Å²) in [6.07, 6.45) is 0. The second-order valence-electron chi connectivity index (χ2n) is 4.36. The average Bonchev–Trinajstić information content (AvgIpc) is 2.52. The van der Waals surface area contributed by atoms with E-state index < -0.39 is 17.9 Å². The van der Waals surface area contributed by atoms with Gasteiger partial charge in [0, 0.05) is 0 Å². The molecule has 3 N–H and O–H groups in total. The molecule has 0 aromatic rings. The van der Waals surface area contributed by atoms with E-state index in [1.165, 1.54) is 7.11 Å². The highest BCUT2D eigenvalue weighted by Crippen LogP contribution is 2.33. The summed E-state index contributed by atoms with van der Waals surface area (Å²) in [4.78, 5) is 34.7. The highest BCUT2D eigenvalue weighted by molar-refractivity contribution is 6.02. The summed E-state index contributed by atoms with van der Waals surface area (Å²) in [6.45, 7) is 5.18. The van der Waals surface area contributed by atoms with Gasteiger partial charge in [0.15, 0.2) is 0 Å². The number of nitrogens with two attached hydrogens (primary N) is 1. The van der Waals surface area contributed by atoms with Crippen LogP contribution < -0.4 is 11.2 Å². The molecule has 0 bridgehead atoms. The number of amides is 3. The normalized spacial score (nSPS) is 19.5. The molecule has 1 aliphatic rings. The Morgan fingerprint density at radius 2 is 2.00 bits per heavy atom. The van der Waals surface area contributed by atoms with Gasteiger partial charge in [0.2, 0.25) is 0 Å². The number of nitrogens with zero attached hydrogens (tertiary/aromatic N) is 1. The van der Waals surface area contributed by atoms with Crippen LogP contribution in [0.4, 0.5) is 4.79 Å². The monoisotopic (exact) mass is 255 g/mol. The van der Waals surface area contributed by atoms with Gasteiger partial charge < -0.3 is 10.5 Å². The van der Waals surface area contributed by atoms with Crippen molar-refractivity contribution in [2.75, 3.05) is 7.11 Å². The summed E-state index contributed by atoms with van der Waals surface area (Å²) < 4.78 is 4.67. The number of carbonyl (C=O) groups is 3. The zero-order valence-electron chi connectivity index (χ0n) is 10.8. The minimum Gasteiger partial charge on any atom is -0.466 e. The second kappa shape index (κ2) is 5.07. The summed E-state index contributed by atoms with van der Waals surface area (Å²) in [7, 11) is 1.24. The first-order chi connectivity index (χ1) is 8.31. The molecular formula is C11H17N3O4. The smallest absolute Gasteiger partial charge is 0.336 e. The number of hydrogen-bond acceptors (Lipinski definition) is 4. The largest absolute Gasteiger partial charge is 0.466 e. The fourth-order valence-electron chi connectivity index (χ4n) is 2.03. The quantitative estimate of drug-likeness (QED) is 0.700. The van der Waals surface area contributed by atoms with E-state index in [1.807, 2.05) is 13.8 Å². The third-order valence-electron chi connectivity index (χ3n) is 2.82. The van der Waals surface area contributed by atoms with E-state index in [2.05, 4.69) is 10.2 Å². The number of allylic oxidation sites excluding steroid dienone is 1. The van der Waals surface area contributed by atoms with E-state index in [4.69, 9.17) is 5.73 Å². The predicted molar refractivity (Wildman–Crippen MR) is 62.6 cm³/mol. The van der Waals surface area contributed by atoms with Gasteiger partial charge in [-0.25, -0.2) is 20.0 Å². The zero-order chi connectivity index (χ0) is 14.0. The maximum Gasteiger partial charge on any atom is 0.336 e. The Hall–Kier alpha value is -2.05. The van der Waals surface area contributed by atoms with E-state index in [9.17, 15) is 14.4 Å². The highest BCUT2D eigenvalue weighted by Gasteiger charge is 2.43. The molecule has 0 aromatic carbocycles. The van der Waals surface area contributed by atoms with E-state index in [0.717, 1.165) is 5.01 Å². The number of hydrazine groups is 1. The number of carbonyl (C=O) groups excluding carboxylic acids is 3. The molecule has 1 rings (SSSR count). The summed E-state index contributed by atoms with van der Waals surface area (Å²) in [5, 5.41) is 0.999. The molecule has 0 aromatic heterocycles. The maximum atomic E-state index is 12.1. The Balaban J connectivity index is 3.20. The van der Waals surface area contributed by atoms with Crippen molar-refractivity contribution in [3.8, 4) is 0 Å². The Labute approximate surface area is 105 Å². The number of esters is 1. The van der Waals surface area contributed by atoms with E-state index in [1.54, 1.807) is 6.92 Å². The van der Waals surface area contributed by atoms with E-state index >= 15 is 0 Å². The van der Waals surface area contributed by atoms with Crippen LogP contribution in [-0.4, -0.2) is 30.0 Å². The van der Waals surface area contributed by atoms with Gasteiger partial charge in [0.1, 0.15) is 0 Å². The fraction of sp³-hybridized carbons (Fsp3) is 0.545. The maximum absolute atomic E-state index is 12.1. The number of primary amides is 1. The fourth-order valence-corrected chi connectivity index (χ4v) is 2.03. The minimum atomic E-state index is -0.865. The van der Waals surface area contributed by atoms with Gasteiger partial charge in [0.25, 0.3) is 5.91 Å². The van der Waals surface area contributed by atoms with Gasteiger partial charge in [-0.15, -0.1) is 0 Å². The molecule has 0 radical (unpaired) electrons. The van der Waals surface area contributed by atoms with E-state index in [-0.39, 0.29) is 17.4 Å². The molecule has 0 saturated heterocycles. The second-order valence-corrected chi connectivity index (χ2v) is 4.36. The lowest BCUT2D eigenvalue weighted by molar-refractivity contribution is -0.139. The van der Waals surface area contributed by atoms with Crippen LogP contribution in [0.15, 0.2) is 11.3 Å². The number of ether oxygens (including phenoxy) is 1. The molecule has 1 unspecified atom stereocenters. The predicted octanol–water partition coefficient (Wildman–Crippen LogP) is 0.131. The van der Waals surface area contributed by atoms with Crippen molar-refractivity contribution in [1.82, 2.24) is 10.4 Å². The Morgan fingerprint density at radius 1 is 1.44 bits per heavy atom. The molecule has 18 heavy (non-hydrogen) atoms.